The Morgan fingerprint density at radius 3 is 2.46 bits per heavy atom. The topological polar surface area (TPSA) is 21.6 Å². The molecule has 4 rings (SSSR count). The maximum atomic E-state index is 5.77. The van der Waals surface area contributed by atoms with Crippen LogP contribution in [0.5, 0.6) is 0 Å². The number of benzene rings is 3. The first-order valence-corrected chi connectivity index (χ1v) is 8.92. The summed E-state index contributed by atoms with van der Waals surface area (Å²) in [6.45, 7) is 4.37. The molecule has 0 bridgehead atoms. The third kappa shape index (κ3) is 3.09. The SMILES string of the molecule is CC1(C)C(c2ccc3ccccc3c2)=NOC1CC#Cc1ccccc1. The number of rotatable bonds is 2. The minimum atomic E-state index is -0.187. The monoisotopic (exact) mass is 339 g/mol. The minimum absolute atomic E-state index is 0.0415. The van der Waals surface area contributed by atoms with E-state index < -0.39 is 0 Å². The first kappa shape index (κ1) is 16.4. The number of fused-ring (bicyclic) bond motifs is 1. The van der Waals surface area contributed by atoms with Crippen molar-refractivity contribution in [3.8, 4) is 11.8 Å². The molecule has 1 heterocycles. The van der Waals surface area contributed by atoms with Crippen molar-refractivity contribution in [2.45, 2.75) is 26.4 Å². The highest BCUT2D eigenvalue weighted by molar-refractivity contribution is 6.07. The number of oxime groups is 1. The van der Waals surface area contributed by atoms with E-state index in [9.17, 15) is 0 Å². The first-order valence-electron chi connectivity index (χ1n) is 8.92. The molecule has 128 valence electrons. The van der Waals surface area contributed by atoms with Gasteiger partial charge in [-0.1, -0.05) is 85.4 Å². The maximum Gasteiger partial charge on any atom is 0.149 e. The number of hydrogen-bond donors (Lipinski definition) is 0. The highest BCUT2D eigenvalue weighted by Gasteiger charge is 2.42. The molecule has 0 saturated heterocycles. The van der Waals surface area contributed by atoms with Crippen LogP contribution < -0.4 is 0 Å². The van der Waals surface area contributed by atoms with Crippen LogP contribution in [0.4, 0.5) is 0 Å². The van der Waals surface area contributed by atoms with Crippen LogP contribution in [-0.4, -0.2) is 11.8 Å². The zero-order valence-electron chi connectivity index (χ0n) is 15.1. The molecule has 1 atom stereocenters. The van der Waals surface area contributed by atoms with Gasteiger partial charge in [0.1, 0.15) is 6.10 Å². The summed E-state index contributed by atoms with van der Waals surface area (Å²) in [7, 11) is 0. The molecular weight excluding hydrogens is 318 g/mol. The number of nitrogens with zero attached hydrogens (tertiary/aromatic N) is 1. The van der Waals surface area contributed by atoms with Gasteiger partial charge in [0.05, 0.1) is 17.5 Å². The van der Waals surface area contributed by atoms with E-state index in [0.29, 0.717) is 6.42 Å². The summed E-state index contributed by atoms with van der Waals surface area (Å²) in [4.78, 5) is 5.77. The van der Waals surface area contributed by atoms with E-state index in [4.69, 9.17) is 4.84 Å². The molecule has 0 amide bonds. The van der Waals surface area contributed by atoms with Crippen LogP contribution in [0.3, 0.4) is 0 Å². The molecule has 26 heavy (non-hydrogen) atoms. The van der Waals surface area contributed by atoms with E-state index >= 15 is 0 Å². The molecule has 0 N–H and O–H groups in total. The summed E-state index contributed by atoms with van der Waals surface area (Å²) in [5.41, 5.74) is 2.95. The second-order valence-electron chi connectivity index (χ2n) is 7.19. The van der Waals surface area contributed by atoms with Gasteiger partial charge < -0.3 is 4.84 Å². The lowest BCUT2D eigenvalue weighted by atomic mass is 9.78. The Morgan fingerprint density at radius 2 is 1.65 bits per heavy atom. The summed E-state index contributed by atoms with van der Waals surface area (Å²) >= 11 is 0. The van der Waals surface area contributed by atoms with Crippen LogP contribution in [0.15, 0.2) is 78.0 Å². The minimum Gasteiger partial charge on any atom is -0.390 e. The van der Waals surface area contributed by atoms with Crippen LogP contribution in [0, 0.1) is 17.3 Å². The van der Waals surface area contributed by atoms with Gasteiger partial charge in [-0.05, 0) is 29.0 Å². The van der Waals surface area contributed by atoms with Crippen molar-refractivity contribution in [3.63, 3.8) is 0 Å². The zero-order valence-corrected chi connectivity index (χ0v) is 15.1. The van der Waals surface area contributed by atoms with Crippen molar-refractivity contribution < 1.29 is 4.84 Å². The van der Waals surface area contributed by atoms with Gasteiger partial charge in [0.2, 0.25) is 0 Å². The van der Waals surface area contributed by atoms with Gasteiger partial charge in [0.25, 0.3) is 0 Å². The molecule has 0 fully saturated rings. The summed E-state index contributed by atoms with van der Waals surface area (Å²) in [6, 6.07) is 24.9. The Bertz CT molecular complexity index is 1020. The number of hydrogen-bond acceptors (Lipinski definition) is 2. The van der Waals surface area contributed by atoms with Gasteiger partial charge in [0.15, 0.2) is 0 Å². The van der Waals surface area contributed by atoms with Gasteiger partial charge in [-0.3, -0.25) is 0 Å². The molecule has 0 saturated carbocycles. The van der Waals surface area contributed by atoms with Crippen LogP contribution in [0.2, 0.25) is 0 Å². The lowest BCUT2D eigenvalue weighted by molar-refractivity contribution is 0.0407. The Hall–Kier alpha value is -3.05. The van der Waals surface area contributed by atoms with Crippen molar-refractivity contribution >= 4 is 16.5 Å². The summed E-state index contributed by atoms with van der Waals surface area (Å²) in [6.07, 6.45) is 0.614. The average molecular weight is 339 g/mol. The van der Waals surface area contributed by atoms with Crippen molar-refractivity contribution in [2.24, 2.45) is 10.6 Å². The van der Waals surface area contributed by atoms with Crippen LogP contribution in [0.1, 0.15) is 31.4 Å². The maximum absolute atomic E-state index is 5.77. The lowest BCUT2D eigenvalue weighted by Gasteiger charge is -2.24. The first-order chi connectivity index (χ1) is 12.6. The molecule has 3 aromatic rings. The molecule has 0 spiro atoms. The van der Waals surface area contributed by atoms with E-state index in [2.05, 4.69) is 73.3 Å². The van der Waals surface area contributed by atoms with Gasteiger partial charge in [-0.15, -0.1) is 0 Å². The fourth-order valence-electron chi connectivity index (χ4n) is 3.34. The molecule has 0 aliphatic carbocycles. The molecule has 0 aromatic heterocycles. The molecule has 2 nitrogen and oxygen atoms in total. The van der Waals surface area contributed by atoms with E-state index in [-0.39, 0.29) is 11.5 Å². The largest absolute Gasteiger partial charge is 0.390 e. The van der Waals surface area contributed by atoms with E-state index in [1.165, 1.54) is 10.8 Å². The second-order valence-corrected chi connectivity index (χ2v) is 7.19. The molecule has 3 aromatic carbocycles. The summed E-state index contributed by atoms with van der Waals surface area (Å²) < 4.78 is 0. The van der Waals surface area contributed by atoms with Crippen LogP contribution in [0.25, 0.3) is 10.8 Å². The Labute approximate surface area is 154 Å². The van der Waals surface area contributed by atoms with Gasteiger partial charge in [-0.25, -0.2) is 0 Å². The standard InChI is InChI=1S/C24H21NO/c1-24(2)22(14-8-11-18-9-4-3-5-10-18)26-25-23(24)21-16-15-19-12-6-7-13-20(19)17-21/h3-7,9-10,12-13,15-17,22H,14H2,1-2H3. The zero-order chi connectivity index (χ0) is 18.0. The molecule has 1 aliphatic rings. The Balaban J connectivity index is 1.55. The molecule has 2 heteroatoms. The third-order valence-electron chi connectivity index (χ3n) is 5.00. The van der Waals surface area contributed by atoms with Crippen molar-refractivity contribution in [3.05, 3.63) is 83.9 Å². The van der Waals surface area contributed by atoms with Crippen LogP contribution >= 0.6 is 0 Å². The molecule has 1 unspecified atom stereocenters. The fraction of sp³-hybridized carbons (Fsp3) is 0.208. The van der Waals surface area contributed by atoms with Crippen molar-refractivity contribution in [2.75, 3.05) is 0 Å². The lowest BCUT2D eigenvalue weighted by Crippen LogP contribution is -2.33. The van der Waals surface area contributed by atoms with Gasteiger partial charge in [0, 0.05) is 11.1 Å². The summed E-state index contributed by atoms with van der Waals surface area (Å²) in [5, 5.41) is 6.87. The van der Waals surface area contributed by atoms with Gasteiger partial charge in [-0.2, -0.15) is 0 Å². The Morgan fingerprint density at radius 1 is 0.923 bits per heavy atom. The predicted octanol–water partition coefficient (Wildman–Crippen LogP) is 5.41. The molecule has 1 aliphatic heterocycles. The average Bonchev–Trinajstić information content (AvgIpc) is 2.96. The van der Waals surface area contributed by atoms with Gasteiger partial charge >= 0.3 is 0 Å². The smallest absolute Gasteiger partial charge is 0.149 e. The predicted molar refractivity (Wildman–Crippen MR) is 107 cm³/mol. The van der Waals surface area contributed by atoms with E-state index in [1.54, 1.807) is 0 Å². The van der Waals surface area contributed by atoms with Crippen molar-refractivity contribution in [1.82, 2.24) is 0 Å². The van der Waals surface area contributed by atoms with E-state index in [0.717, 1.165) is 16.8 Å². The quantitative estimate of drug-likeness (QED) is 0.572. The van der Waals surface area contributed by atoms with Crippen LogP contribution in [-0.2, 0) is 4.84 Å². The Kier molecular flexibility index (Phi) is 4.22. The summed E-state index contributed by atoms with van der Waals surface area (Å²) in [5.74, 6) is 6.46. The third-order valence-corrected chi connectivity index (χ3v) is 5.00. The molecule has 0 radical (unpaired) electrons. The second kappa shape index (κ2) is 6.69. The highest BCUT2D eigenvalue weighted by Crippen LogP contribution is 2.36. The van der Waals surface area contributed by atoms with Crippen molar-refractivity contribution in [1.29, 1.82) is 0 Å². The highest BCUT2D eigenvalue weighted by atomic mass is 16.6. The normalized spacial score (nSPS) is 17.9. The fourth-order valence-corrected chi connectivity index (χ4v) is 3.34. The molecular formula is C24H21NO. The van der Waals surface area contributed by atoms with E-state index in [1.807, 2.05) is 30.3 Å².